The topological polar surface area (TPSA) is 73.3 Å². The number of fused-ring (bicyclic) bond motifs is 1. The van der Waals surface area contributed by atoms with E-state index in [1.807, 2.05) is 19.1 Å². The molecule has 0 radical (unpaired) electrons. The Balaban J connectivity index is 1.93. The van der Waals surface area contributed by atoms with Gasteiger partial charge in [-0.05, 0) is 42.8 Å². The molecule has 110 valence electrons. The zero-order chi connectivity index (χ0) is 15.7. The molecule has 0 saturated carbocycles. The molecule has 0 fully saturated rings. The van der Waals surface area contributed by atoms with Crippen LogP contribution in [0.5, 0.6) is 0 Å². The van der Waals surface area contributed by atoms with Crippen molar-refractivity contribution in [3.8, 4) is 0 Å². The van der Waals surface area contributed by atoms with E-state index in [2.05, 4.69) is 0 Å². The van der Waals surface area contributed by atoms with Crippen molar-refractivity contribution >= 4 is 28.4 Å². The molecular formula is C16H11NO4S. The third kappa shape index (κ3) is 2.87. The molecule has 0 atom stereocenters. The van der Waals surface area contributed by atoms with E-state index in [0.717, 1.165) is 20.7 Å². The van der Waals surface area contributed by atoms with Crippen LogP contribution in [0.25, 0.3) is 11.0 Å². The second-order valence-electron chi connectivity index (χ2n) is 4.76. The first-order valence-corrected chi connectivity index (χ1v) is 7.31. The van der Waals surface area contributed by atoms with E-state index in [9.17, 15) is 14.9 Å². The number of nitro benzene ring substituents is 1. The van der Waals surface area contributed by atoms with Crippen LogP contribution in [0.15, 0.2) is 67.5 Å². The van der Waals surface area contributed by atoms with Gasteiger partial charge >= 0.3 is 5.63 Å². The lowest BCUT2D eigenvalue weighted by Crippen LogP contribution is -1.97. The second-order valence-corrected chi connectivity index (χ2v) is 5.91. The van der Waals surface area contributed by atoms with Crippen molar-refractivity contribution in [1.29, 1.82) is 0 Å². The molecule has 3 rings (SSSR count). The highest BCUT2D eigenvalue weighted by molar-refractivity contribution is 7.99. The van der Waals surface area contributed by atoms with Gasteiger partial charge in [0.2, 0.25) is 0 Å². The predicted octanol–water partition coefficient (Wildman–Crippen LogP) is 4.16. The van der Waals surface area contributed by atoms with E-state index >= 15 is 0 Å². The minimum atomic E-state index is -0.429. The Bertz CT molecular complexity index is 916. The summed E-state index contributed by atoms with van der Waals surface area (Å²) in [6.45, 7) is 1.86. The fourth-order valence-electron chi connectivity index (χ4n) is 2.14. The summed E-state index contributed by atoms with van der Waals surface area (Å²) in [4.78, 5) is 23.4. The quantitative estimate of drug-likeness (QED) is 0.412. The standard InChI is InChI=1S/C16H11NO4S/c1-10-8-16(18)21-15-9-13(6-7-14(10)15)22-12-4-2-11(3-5-12)17(19)20/h2-9H,1H3. The van der Waals surface area contributed by atoms with Crippen LogP contribution in [0.3, 0.4) is 0 Å². The molecule has 1 heterocycles. The zero-order valence-corrected chi connectivity index (χ0v) is 12.4. The van der Waals surface area contributed by atoms with Gasteiger partial charge in [-0.3, -0.25) is 10.1 Å². The molecule has 3 aromatic rings. The van der Waals surface area contributed by atoms with Crippen molar-refractivity contribution in [2.24, 2.45) is 0 Å². The van der Waals surface area contributed by atoms with Gasteiger partial charge in [-0.2, -0.15) is 0 Å². The lowest BCUT2D eigenvalue weighted by Gasteiger charge is -2.04. The number of aryl methyl sites for hydroxylation is 1. The van der Waals surface area contributed by atoms with Crippen LogP contribution in [0.4, 0.5) is 5.69 Å². The van der Waals surface area contributed by atoms with Crippen molar-refractivity contribution in [1.82, 2.24) is 0 Å². The van der Waals surface area contributed by atoms with Crippen molar-refractivity contribution in [2.45, 2.75) is 16.7 Å². The van der Waals surface area contributed by atoms with Crippen LogP contribution in [0.1, 0.15) is 5.56 Å². The lowest BCUT2D eigenvalue weighted by molar-refractivity contribution is -0.384. The Morgan fingerprint density at radius 1 is 1.05 bits per heavy atom. The molecule has 0 aliphatic heterocycles. The van der Waals surface area contributed by atoms with Crippen LogP contribution in [0.2, 0.25) is 0 Å². The molecular weight excluding hydrogens is 302 g/mol. The van der Waals surface area contributed by atoms with Gasteiger partial charge in [0.15, 0.2) is 0 Å². The van der Waals surface area contributed by atoms with Crippen LogP contribution < -0.4 is 5.63 Å². The summed E-state index contributed by atoms with van der Waals surface area (Å²) in [6.07, 6.45) is 0. The summed E-state index contributed by atoms with van der Waals surface area (Å²) in [5, 5.41) is 11.5. The minimum absolute atomic E-state index is 0.0597. The Morgan fingerprint density at radius 2 is 1.73 bits per heavy atom. The molecule has 22 heavy (non-hydrogen) atoms. The Hall–Kier alpha value is -2.60. The minimum Gasteiger partial charge on any atom is -0.423 e. The number of nitrogens with zero attached hydrogens (tertiary/aromatic N) is 1. The van der Waals surface area contributed by atoms with Crippen molar-refractivity contribution < 1.29 is 9.34 Å². The first-order chi connectivity index (χ1) is 10.5. The molecule has 0 bridgehead atoms. The maximum Gasteiger partial charge on any atom is 0.336 e. The highest BCUT2D eigenvalue weighted by atomic mass is 32.2. The van der Waals surface area contributed by atoms with E-state index in [1.165, 1.54) is 30.0 Å². The number of hydrogen-bond acceptors (Lipinski definition) is 5. The first-order valence-electron chi connectivity index (χ1n) is 6.50. The molecule has 6 heteroatoms. The first kappa shape index (κ1) is 14.3. The van der Waals surface area contributed by atoms with E-state index in [0.29, 0.717) is 5.58 Å². The smallest absolute Gasteiger partial charge is 0.336 e. The fraction of sp³-hybridized carbons (Fsp3) is 0.0625. The second kappa shape index (κ2) is 5.65. The van der Waals surface area contributed by atoms with Crippen LogP contribution in [-0.4, -0.2) is 4.92 Å². The normalized spacial score (nSPS) is 10.8. The predicted molar refractivity (Wildman–Crippen MR) is 84.4 cm³/mol. The number of rotatable bonds is 3. The SMILES string of the molecule is Cc1cc(=O)oc2cc(Sc3ccc([N+](=O)[O-])cc3)ccc12. The Labute approximate surface area is 129 Å². The summed E-state index contributed by atoms with van der Waals surface area (Å²) < 4.78 is 5.21. The van der Waals surface area contributed by atoms with Gasteiger partial charge in [0.05, 0.1) is 4.92 Å². The summed E-state index contributed by atoms with van der Waals surface area (Å²) in [5.41, 5.74) is 1.10. The fourth-order valence-corrected chi connectivity index (χ4v) is 2.99. The average molecular weight is 313 g/mol. The monoisotopic (exact) mass is 313 g/mol. The van der Waals surface area contributed by atoms with Gasteiger partial charge in [0.1, 0.15) is 5.58 Å². The lowest BCUT2D eigenvalue weighted by atomic mass is 10.1. The van der Waals surface area contributed by atoms with E-state index in [4.69, 9.17) is 4.42 Å². The van der Waals surface area contributed by atoms with E-state index in [-0.39, 0.29) is 11.3 Å². The molecule has 1 aromatic heterocycles. The maximum atomic E-state index is 11.4. The Morgan fingerprint density at radius 3 is 2.41 bits per heavy atom. The molecule has 5 nitrogen and oxygen atoms in total. The number of nitro groups is 1. The maximum absolute atomic E-state index is 11.4. The van der Waals surface area contributed by atoms with Crippen molar-refractivity contribution in [2.75, 3.05) is 0 Å². The molecule has 0 N–H and O–H groups in total. The van der Waals surface area contributed by atoms with Gasteiger partial charge in [-0.25, -0.2) is 4.79 Å². The van der Waals surface area contributed by atoms with Crippen LogP contribution in [0, 0.1) is 17.0 Å². The summed E-state index contributed by atoms with van der Waals surface area (Å²) in [5.74, 6) is 0. The third-order valence-electron chi connectivity index (χ3n) is 3.21. The number of hydrogen-bond donors (Lipinski definition) is 0. The summed E-state index contributed by atoms with van der Waals surface area (Å²) in [6, 6.07) is 13.4. The molecule has 0 unspecified atom stereocenters. The number of non-ortho nitro benzene ring substituents is 1. The molecule has 0 aliphatic rings. The van der Waals surface area contributed by atoms with Crippen molar-refractivity contribution in [3.63, 3.8) is 0 Å². The van der Waals surface area contributed by atoms with Crippen LogP contribution in [-0.2, 0) is 0 Å². The van der Waals surface area contributed by atoms with Gasteiger partial charge in [0.25, 0.3) is 5.69 Å². The molecule has 0 amide bonds. The molecule has 2 aromatic carbocycles. The molecule has 0 spiro atoms. The average Bonchev–Trinajstić information content (AvgIpc) is 2.47. The van der Waals surface area contributed by atoms with Crippen LogP contribution >= 0.6 is 11.8 Å². The van der Waals surface area contributed by atoms with Gasteiger partial charge < -0.3 is 4.42 Å². The van der Waals surface area contributed by atoms with Gasteiger partial charge in [0, 0.05) is 33.4 Å². The third-order valence-corrected chi connectivity index (χ3v) is 4.20. The largest absolute Gasteiger partial charge is 0.423 e. The van der Waals surface area contributed by atoms with Gasteiger partial charge in [-0.15, -0.1) is 0 Å². The summed E-state index contributed by atoms with van der Waals surface area (Å²) in [7, 11) is 0. The summed E-state index contributed by atoms with van der Waals surface area (Å²) >= 11 is 1.45. The highest BCUT2D eigenvalue weighted by Crippen LogP contribution is 2.31. The highest BCUT2D eigenvalue weighted by Gasteiger charge is 2.07. The molecule has 0 saturated heterocycles. The Kier molecular flexibility index (Phi) is 3.68. The zero-order valence-electron chi connectivity index (χ0n) is 11.6. The van der Waals surface area contributed by atoms with Crippen molar-refractivity contribution in [3.05, 3.63) is 74.6 Å². The molecule has 0 aliphatic carbocycles. The van der Waals surface area contributed by atoms with E-state index in [1.54, 1.807) is 18.2 Å². The van der Waals surface area contributed by atoms with Gasteiger partial charge in [-0.1, -0.05) is 11.8 Å². The number of benzene rings is 2. The van der Waals surface area contributed by atoms with E-state index < -0.39 is 4.92 Å².